The Balaban J connectivity index is 1.58. The molecular weight excluding hydrogens is 505 g/mol. The van der Waals surface area contributed by atoms with E-state index in [1.807, 2.05) is 25.1 Å². The Bertz CT molecular complexity index is 1490. The molecule has 1 amide bonds. The van der Waals surface area contributed by atoms with Crippen molar-refractivity contribution in [2.45, 2.75) is 36.6 Å². The number of thioether (sulfide) groups is 1. The summed E-state index contributed by atoms with van der Waals surface area (Å²) in [5.41, 5.74) is 1.57. The first-order valence-corrected chi connectivity index (χ1v) is 13.3. The largest absolute Gasteiger partial charge is 0.493 e. The SMILES string of the molecule is CCCC(Sc1nc2ccccc2c(=O)n1-c1cccc(F)c1)C(=O)NCCc1ccc(OC)c(OC)c1. The minimum atomic E-state index is -0.488. The number of fused-ring (bicyclic) bond motifs is 1. The number of hydrogen-bond donors (Lipinski definition) is 1. The van der Waals surface area contributed by atoms with Crippen molar-refractivity contribution < 1.29 is 18.7 Å². The van der Waals surface area contributed by atoms with E-state index in [4.69, 9.17) is 14.5 Å². The van der Waals surface area contributed by atoms with Gasteiger partial charge in [0.15, 0.2) is 16.7 Å². The summed E-state index contributed by atoms with van der Waals surface area (Å²) in [6.45, 7) is 2.43. The van der Waals surface area contributed by atoms with Crippen molar-refractivity contribution in [1.82, 2.24) is 14.9 Å². The lowest BCUT2D eigenvalue weighted by molar-refractivity contribution is -0.120. The van der Waals surface area contributed by atoms with Crippen LogP contribution in [0, 0.1) is 5.82 Å². The molecule has 1 aromatic heterocycles. The summed E-state index contributed by atoms with van der Waals surface area (Å²) in [5.74, 6) is 0.669. The van der Waals surface area contributed by atoms with Crippen molar-refractivity contribution in [3.05, 3.63) is 88.5 Å². The zero-order chi connectivity index (χ0) is 27.1. The Kier molecular flexibility index (Phi) is 9.02. The van der Waals surface area contributed by atoms with E-state index in [1.165, 1.54) is 28.5 Å². The van der Waals surface area contributed by atoms with Crippen molar-refractivity contribution in [2.24, 2.45) is 0 Å². The molecule has 198 valence electrons. The molecule has 4 rings (SSSR count). The van der Waals surface area contributed by atoms with Gasteiger partial charge in [-0.25, -0.2) is 9.37 Å². The van der Waals surface area contributed by atoms with Gasteiger partial charge in [0.1, 0.15) is 5.82 Å². The maximum Gasteiger partial charge on any atom is 0.266 e. The first-order valence-electron chi connectivity index (χ1n) is 12.4. The molecule has 0 aliphatic heterocycles. The number of ether oxygens (including phenoxy) is 2. The summed E-state index contributed by atoms with van der Waals surface area (Å²) in [6.07, 6.45) is 1.95. The van der Waals surface area contributed by atoms with Crippen LogP contribution in [0.3, 0.4) is 0 Å². The highest BCUT2D eigenvalue weighted by Crippen LogP contribution is 2.29. The number of benzene rings is 3. The highest BCUT2D eigenvalue weighted by Gasteiger charge is 2.23. The molecule has 0 saturated carbocycles. The minimum Gasteiger partial charge on any atom is -0.493 e. The molecule has 38 heavy (non-hydrogen) atoms. The van der Waals surface area contributed by atoms with Crippen LogP contribution in [0.15, 0.2) is 76.7 Å². The molecule has 1 heterocycles. The van der Waals surface area contributed by atoms with Crippen LogP contribution in [0.1, 0.15) is 25.3 Å². The fourth-order valence-electron chi connectivity index (χ4n) is 4.15. The predicted octanol–water partition coefficient (Wildman–Crippen LogP) is 5.16. The number of para-hydroxylation sites is 1. The van der Waals surface area contributed by atoms with Crippen LogP contribution in [0.2, 0.25) is 0 Å². The fourth-order valence-corrected chi connectivity index (χ4v) is 5.39. The summed E-state index contributed by atoms with van der Waals surface area (Å²) in [7, 11) is 3.17. The maximum atomic E-state index is 14.1. The van der Waals surface area contributed by atoms with Crippen LogP contribution in [0.4, 0.5) is 4.39 Å². The van der Waals surface area contributed by atoms with Gasteiger partial charge < -0.3 is 14.8 Å². The quantitative estimate of drug-likeness (QED) is 0.211. The van der Waals surface area contributed by atoms with Gasteiger partial charge in [-0.15, -0.1) is 0 Å². The first-order chi connectivity index (χ1) is 18.4. The molecule has 0 spiro atoms. The number of carbonyl (C=O) groups is 1. The van der Waals surface area contributed by atoms with Gasteiger partial charge in [0.2, 0.25) is 5.91 Å². The maximum absolute atomic E-state index is 14.1. The van der Waals surface area contributed by atoms with E-state index in [0.29, 0.717) is 52.6 Å². The van der Waals surface area contributed by atoms with E-state index < -0.39 is 11.1 Å². The van der Waals surface area contributed by atoms with E-state index in [0.717, 1.165) is 12.0 Å². The Hall–Kier alpha value is -3.85. The molecule has 0 fully saturated rings. The monoisotopic (exact) mass is 535 g/mol. The lowest BCUT2D eigenvalue weighted by atomic mass is 10.1. The van der Waals surface area contributed by atoms with E-state index in [-0.39, 0.29) is 11.5 Å². The Morgan fingerprint density at radius 3 is 2.58 bits per heavy atom. The van der Waals surface area contributed by atoms with E-state index in [2.05, 4.69) is 5.32 Å². The smallest absolute Gasteiger partial charge is 0.266 e. The molecular formula is C29H30FN3O4S. The summed E-state index contributed by atoms with van der Waals surface area (Å²) >= 11 is 1.22. The highest BCUT2D eigenvalue weighted by molar-refractivity contribution is 8.00. The molecule has 4 aromatic rings. The van der Waals surface area contributed by atoms with Crippen LogP contribution >= 0.6 is 11.8 Å². The zero-order valence-corrected chi connectivity index (χ0v) is 22.4. The van der Waals surface area contributed by atoms with Gasteiger partial charge in [0.25, 0.3) is 5.56 Å². The number of halogens is 1. The third kappa shape index (κ3) is 6.16. The van der Waals surface area contributed by atoms with Gasteiger partial charge in [-0.3, -0.25) is 14.2 Å². The summed E-state index contributed by atoms with van der Waals surface area (Å²) < 4.78 is 26.1. The summed E-state index contributed by atoms with van der Waals surface area (Å²) in [5, 5.41) is 3.29. The van der Waals surface area contributed by atoms with E-state index >= 15 is 0 Å². The molecule has 0 aliphatic carbocycles. The molecule has 0 bridgehead atoms. The lowest BCUT2D eigenvalue weighted by Gasteiger charge is -2.19. The Morgan fingerprint density at radius 2 is 1.84 bits per heavy atom. The topological polar surface area (TPSA) is 82.5 Å². The number of methoxy groups -OCH3 is 2. The summed E-state index contributed by atoms with van der Waals surface area (Å²) in [4.78, 5) is 31.4. The van der Waals surface area contributed by atoms with Crippen molar-refractivity contribution in [3.63, 3.8) is 0 Å². The van der Waals surface area contributed by atoms with Gasteiger partial charge in [0.05, 0.1) is 36.1 Å². The number of amides is 1. The molecule has 0 saturated heterocycles. The Morgan fingerprint density at radius 1 is 1.05 bits per heavy atom. The zero-order valence-electron chi connectivity index (χ0n) is 21.6. The third-order valence-electron chi connectivity index (χ3n) is 6.06. The van der Waals surface area contributed by atoms with Crippen LogP contribution in [0.25, 0.3) is 16.6 Å². The van der Waals surface area contributed by atoms with Crippen molar-refractivity contribution in [2.75, 3.05) is 20.8 Å². The molecule has 1 N–H and O–H groups in total. The summed E-state index contributed by atoms with van der Waals surface area (Å²) in [6, 6.07) is 18.5. The molecule has 0 aliphatic rings. The second kappa shape index (κ2) is 12.6. The van der Waals surface area contributed by atoms with E-state index in [1.54, 1.807) is 50.6 Å². The number of nitrogens with zero attached hydrogens (tertiary/aromatic N) is 2. The normalized spacial score (nSPS) is 11.8. The number of carbonyl (C=O) groups excluding carboxylic acids is 1. The molecule has 0 radical (unpaired) electrons. The average molecular weight is 536 g/mol. The number of hydrogen-bond acceptors (Lipinski definition) is 6. The van der Waals surface area contributed by atoms with Crippen LogP contribution in [-0.2, 0) is 11.2 Å². The number of rotatable bonds is 11. The minimum absolute atomic E-state index is 0.148. The van der Waals surface area contributed by atoms with Gasteiger partial charge in [-0.2, -0.15) is 0 Å². The number of nitrogens with one attached hydrogen (secondary N) is 1. The van der Waals surface area contributed by atoms with Crippen LogP contribution in [-0.4, -0.2) is 41.5 Å². The van der Waals surface area contributed by atoms with Crippen molar-refractivity contribution >= 4 is 28.6 Å². The van der Waals surface area contributed by atoms with Gasteiger partial charge in [-0.05, 0) is 60.9 Å². The molecule has 9 heteroatoms. The van der Waals surface area contributed by atoms with Crippen molar-refractivity contribution in [3.8, 4) is 17.2 Å². The second-order valence-electron chi connectivity index (χ2n) is 8.66. The van der Waals surface area contributed by atoms with Crippen molar-refractivity contribution in [1.29, 1.82) is 0 Å². The Labute approximate surface area is 225 Å². The predicted molar refractivity (Wildman–Crippen MR) is 148 cm³/mol. The highest BCUT2D eigenvalue weighted by atomic mass is 32.2. The third-order valence-corrected chi connectivity index (χ3v) is 7.28. The molecule has 1 unspecified atom stereocenters. The van der Waals surface area contributed by atoms with Gasteiger partial charge in [-0.1, -0.05) is 49.4 Å². The van der Waals surface area contributed by atoms with Gasteiger partial charge >= 0.3 is 0 Å². The molecule has 7 nitrogen and oxygen atoms in total. The fraction of sp³-hybridized carbons (Fsp3) is 0.276. The first kappa shape index (κ1) is 27.2. The van der Waals surface area contributed by atoms with Crippen LogP contribution in [0.5, 0.6) is 11.5 Å². The lowest BCUT2D eigenvalue weighted by Crippen LogP contribution is -2.34. The number of aromatic nitrogens is 2. The molecule has 1 atom stereocenters. The second-order valence-corrected chi connectivity index (χ2v) is 9.83. The molecule has 3 aromatic carbocycles. The average Bonchev–Trinajstić information content (AvgIpc) is 2.92. The standard InChI is InChI=1S/C29H30FN3O4S/c1-4-8-26(27(34)31-16-15-19-13-14-24(36-2)25(17-19)37-3)38-29-32-23-12-6-5-11-22(23)28(35)33(29)21-10-7-9-20(30)18-21/h5-7,9-14,17-18,26H,4,8,15-16H2,1-3H3,(H,31,34). The van der Waals surface area contributed by atoms with Crippen LogP contribution < -0.4 is 20.3 Å². The van der Waals surface area contributed by atoms with E-state index in [9.17, 15) is 14.0 Å². The van der Waals surface area contributed by atoms with Gasteiger partial charge in [0, 0.05) is 6.54 Å².